The SMILES string of the molecule is Cc1ccc(C(=O)O)c(OCc2ccc(C)o2)c1. The predicted molar refractivity (Wildman–Crippen MR) is 65.9 cm³/mol. The summed E-state index contributed by atoms with van der Waals surface area (Å²) >= 11 is 0. The van der Waals surface area contributed by atoms with Gasteiger partial charge in [0.05, 0.1) is 0 Å². The zero-order chi connectivity index (χ0) is 13.1. The topological polar surface area (TPSA) is 59.7 Å². The van der Waals surface area contributed by atoms with Crippen molar-refractivity contribution in [1.29, 1.82) is 0 Å². The zero-order valence-electron chi connectivity index (χ0n) is 10.3. The van der Waals surface area contributed by atoms with Crippen LogP contribution in [0.15, 0.2) is 34.7 Å². The van der Waals surface area contributed by atoms with Crippen LogP contribution in [0.2, 0.25) is 0 Å². The fraction of sp³-hybridized carbons (Fsp3) is 0.214. The van der Waals surface area contributed by atoms with Gasteiger partial charge in [-0.15, -0.1) is 0 Å². The third kappa shape index (κ3) is 2.71. The Morgan fingerprint density at radius 2 is 2.06 bits per heavy atom. The number of ether oxygens (including phenoxy) is 1. The van der Waals surface area contributed by atoms with Crippen molar-refractivity contribution >= 4 is 5.97 Å². The number of hydrogen-bond acceptors (Lipinski definition) is 3. The number of hydrogen-bond donors (Lipinski definition) is 1. The van der Waals surface area contributed by atoms with Gasteiger partial charge < -0.3 is 14.3 Å². The summed E-state index contributed by atoms with van der Waals surface area (Å²) in [5.41, 5.74) is 1.11. The van der Waals surface area contributed by atoms with Crippen LogP contribution in [0, 0.1) is 13.8 Å². The summed E-state index contributed by atoms with van der Waals surface area (Å²) < 4.78 is 10.9. The average Bonchev–Trinajstić information content (AvgIpc) is 2.72. The van der Waals surface area contributed by atoms with Crippen LogP contribution >= 0.6 is 0 Å². The van der Waals surface area contributed by atoms with E-state index in [4.69, 9.17) is 14.3 Å². The molecule has 0 saturated carbocycles. The Balaban J connectivity index is 2.17. The first-order valence-electron chi connectivity index (χ1n) is 5.58. The second-order valence-electron chi connectivity index (χ2n) is 4.11. The van der Waals surface area contributed by atoms with E-state index in [1.165, 1.54) is 0 Å². The van der Waals surface area contributed by atoms with E-state index in [9.17, 15) is 4.79 Å². The minimum atomic E-state index is -0.999. The zero-order valence-corrected chi connectivity index (χ0v) is 10.3. The highest BCUT2D eigenvalue weighted by Gasteiger charge is 2.12. The third-order valence-corrected chi connectivity index (χ3v) is 2.53. The van der Waals surface area contributed by atoms with Crippen molar-refractivity contribution in [1.82, 2.24) is 0 Å². The number of carboxylic acid groups (broad SMARTS) is 1. The minimum Gasteiger partial charge on any atom is -0.485 e. The maximum Gasteiger partial charge on any atom is 0.339 e. The molecule has 0 atom stereocenters. The van der Waals surface area contributed by atoms with Crippen LogP contribution in [0.3, 0.4) is 0 Å². The monoisotopic (exact) mass is 246 g/mol. The Hall–Kier alpha value is -2.23. The summed E-state index contributed by atoms with van der Waals surface area (Å²) in [6.45, 7) is 3.95. The maximum atomic E-state index is 11.0. The van der Waals surface area contributed by atoms with Crippen molar-refractivity contribution in [2.45, 2.75) is 20.5 Å². The second kappa shape index (κ2) is 4.96. The standard InChI is InChI=1S/C14H14O4/c1-9-3-6-12(14(15)16)13(7-9)17-8-11-5-4-10(2)18-11/h3-7H,8H2,1-2H3,(H,15,16). The molecule has 0 aliphatic carbocycles. The average molecular weight is 246 g/mol. The van der Waals surface area contributed by atoms with Crippen molar-refractivity contribution in [3.05, 3.63) is 53.0 Å². The summed E-state index contributed by atoms with van der Waals surface area (Å²) in [4.78, 5) is 11.0. The second-order valence-corrected chi connectivity index (χ2v) is 4.11. The van der Waals surface area contributed by atoms with Gasteiger partial charge in [0.25, 0.3) is 0 Å². The lowest BCUT2D eigenvalue weighted by atomic mass is 10.1. The summed E-state index contributed by atoms with van der Waals surface area (Å²) in [5.74, 6) is 0.832. The molecule has 1 heterocycles. The van der Waals surface area contributed by atoms with Gasteiger partial charge in [-0.3, -0.25) is 0 Å². The van der Waals surface area contributed by atoms with Crippen LogP contribution < -0.4 is 4.74 Å². The molecule has 4 heteroatoms. The number of carbonyl (C=O) groups is 1. The lowest BCUT2D eigenvalue weighted by molar-refractivity contribution is 0.0691. The smallest absolute Gasteiger partial charge is 0.339 e. The van der Waals surface area contributed by atoms with Gasteiger partial charge >= 0.3 is 5.97 Å². The molecule has 0 radical (unpaired) electrons. The first-order chi connectivity index (χ1) is 8.56. The highest BCUT2D eigenvalue weighted by Crippen LogP contribution is 2.22. The molecule has 0 saturated heterocycles. The molecular weight excluding hydrogens is 232 g/mol. The Morgan fingerprint density at radius 3 is 2.67 bits per heavy atom. The van der Waals surface area contributed by atoms with E-state index in [0.29, 0.717) is 11.5 Å². The molecule has 1 aromatic heterocycles. The van der Waals surface area contributed by atoms with Gasteiger partial charge in [0.1, 0.15) is 29.4 Å². The summed E-state index contributed by atoms with van der Waals surface area (Å²) in [6, 6.07) is 8.64. The van der Waals surface area contributed by atoms with Crippen LogP contribution in [-0.2, 0) is 6.61 Å². The third-order valence-electron chi connectivity index (χ3n) is 2.53. The number of carboxylic acids is 1. The van der Waals surface area contributed by atoms with Crippen LogP contribution in [0.5, 0.6) is 5.75 Å². The van der Waals surface area contributed by atoms with Crippen LogP contribution in [0.4, 0.5) is 0 Å². The number of furan rings is 1. The highest BCUT2D eigenvalue weighted by atomic mass is 16.5. The van der Waals surface area contributed by atoms with Gasteiger partial charge in [-0.05, 0) is 43.7 Å². The molecule has 0 unspecified atom stereocenters. The number of aryl methyl sites for hydroxylation is 2. The largest absolute Gasteiger partial charge is 0.485 e. The molecule has 1 aromatic carbocycles. The first-order valence-corrected chi connectivity index (χ1v) is 5.58. The number of benzene rings is 1. The van der Waals surface area contributed by atoms with Crippen LogP contribution in [0.1, 0.15) is 27.4 Å². The van der Waals surface area contributed by atoms with Crippen molar-refractivity contribution in [2.75, 3.05) is 0 Å². The number of rotatable bonds is 4. The molecule has 0 bridgehead atoms. The summed E-state index contributed by atoms with van der Waals surface area (Å²) in [6.07, 6.45) is 0. The van der Waals surface area contributed by atoms with Crippen LogP contribution in [-0.4, -0.2) is 11.1 Å². The summed E-state index contributed by atoms with van der Waals surface area (Å²) in [5, 5.41) is 9.05. The molecule has 0 amide bonds. The van der Waals surface area contributed by atoms with E-state index in [-0.39, 0.29) is 12.2 Å². The molecule has 2 aromatic rings. The predicted octanol–water partition coefficient (Wildman–Crippen LogP) is 3.17. The van der Waals surface area contributed by atoms with Crippen molar-refractivity contribution in [3.63, 3.8) is 0 Å². The normalized spacial score (nSPS) is 10.3. The minimum absolute atomic E-state index is 0.156. The molecule has 1 N–H and O–H groups in total. The van der Waals surface area contributed by atoms with Crippen molar-refractivity contribution in [3.8, 4) is 5.75 Å². The fourth-order valence-electron chi connectivity index (χ4n) is 1.64. The van der Waals surface area contributed by atoms with E-state index >= 15 is 0 Å². The Labute approximate surface area is 105 Å². The molecular formula is C14H14O4. The van der Waals surface area contributed by atoms with Crippen LogP contribution in [0.25, 0.3) is 0 Å². The van der Waals surface area contributed by atoms with E-state index in [2.05, 4.69) is 0 Å². The van der Waals surface area contributed by atoms with E-state index in [1.807, 2.05) is 26.0 Å². The first kappa shape index (κ1) is 12.2. The Bertz CT molecular complexity index is 569. The molecule has 2 rings (SSSR count). The van der Waals surface area contributed by atoms with Crippen molar-refractivity contribution in [2.24, 2.45) is 0 Å². The van der Waals surface area contributed by atoms with E-state index in [1.54, 1.807) is 18.2 Å². The van der Waals surface area contributed by atoms with E-state index in [0.717, 1.165) is 11.3 Å². The maximum absolute atomic E-state index is 11.0. The van der Waals surface area contributed by atoms with Gasteiger partial charge in [0.2, 0.25) is 0 Å². The molecule has 0 spiro atoms. The van der Waals surface area contributed by atoms with Gasteiger partial charge in [0.15, 0.2) is 0 Å². The van der Waals surface area contributed by atoms with E-state index < -0.39 is 5.97 Å². The Kier molecular flexibility index (Phi) is 3.37. The highest BCUT2D eigenvalue weighted by molar-refractivity contribution is 5.90. The molecule has 0 aliphatic heterocycles. The Morgan fingerprint density at radius 1 is 1.28 bits per heavy atom. The molecule has 18 heavy (non-hydrogen) atoms. The molecule has 94 valence electrons. The lowest BCUT2D eigenvalue weighted by Crippen LogP contribution is -2.03. The van der Waals surface area contributed by atoms with Gasteiger partial charge in [0, 0.05) is 0 Å². The van der Waals surface area contributed by atoms with Gasteiger partial charge in [-0.1, -0.05) is 6.07 Å². The van der Waals surface area contributed by atoms with Crippen molar-refractivity contribution < 1.29 is 19.1 Å². The molecule has 4 nitrogen and oxygen atoms in total. The quantitative estimate of drug-likeness (QED) is 0.900. The van der Waals surface area contributed by atoms with Gasteiger partial charge in [-0.2, -0.15) is 0 Å². The summed E-state index contributed by atoms with van der Waals surface area (Å²) in [7, 11) is 0. The molecule has 0 aliphatic rings. The fourth-order valence-corrected chi connectivity index (χ4v) is 1.64. The van der Waals surface area contributed by atoms with Gasteiger partial charge in [-0.25, -0.2) is 4.79 Å². The lowest BCUT2D eigenvalue weighted by Gasteiger charge is -2.08. The molecule has 0 fully saturated rings. The number of aromatic carboxylic acids is 1.